The van der Waals surface area contributed by atoms with Crippen molar-refractivity contribution in [1.82, 2.24) is 15.1 Å². The van der Waals surface area contributed by atoms with E-state index < -0.39 is 23.0 Å². The van der Waals surface area contributed by atoms with Crippen molar-refractivity contribution in [3.63, 3.8) is 0 Å². The Labute approximate surface area is 221 Å². The highest BCUT2D eigenvalue weighted by molar-refractivity contribution is 6.10. The lowest BCUT2D eigenvalue weighted by Gasteiger charge is -2.31. The van der Waals surface area contributed by atoms with Crippen LogP contribution in [0.3, 0.4) is 0 Å². The van der Waals surface area contributed by atoms with Crippen LogP contribution < -0.4 is 16.4 Å². The molecular weight excluding hydrogens is 482 g/mol. The number of carbonyl (C=O) groups is 4. The molecule has 4 aliphatic rings. The van der Waals surface area contributed by atoms with Crippen LogP contribution in [0.5, 0.6) is 0 Å². The maximum absolute atomic E-state index is 13.7. The summed E-state index contributed by atoms with van der Waals surface area (Å²) < 4.78 is 0. The molecule has 2 saturated carbocycles. The number of imide groups is 1. The Balaban J connectivity index is 1.19. The lowest BCUT2D eigenvalue weighted by atomic mass is 9.91. The van der Waals surface area contributed by atoms with Crippen LogP contribution in [0.4, 0.5) is 10.5 Å². The number of amides is 5. The number of anilines is 1. The van der Waals surface area contributed by atoms with E-state index in [0.29, 0.717) is 49.4 Å². The summed E-state index contributed by atoms with van der Waals surface area (Å²) in [5, 5.41) is 5.77. The van der Waals surface area contributed by atoms with E-state index in [-0.39, 0.29) is 24.4 Å². The highest BCUT2D eigenvalue weighted by Crippen LogP contribution is 2.43. The van der Waals surface area contributed by atoms with Crippen LogP contribution in [-0.4, -0.2) is 51.7 Å². The molecule has 9 nitrogen and oxygen atoms in total. The summed E-state index contributed by atoms with van der Waals surface area (Å²) in [4.78, 5) is 55.6. The van der Waals surface area contributed by atoms with Gasteiger partial charge in [-0.1, -0.05) is 36.4 Å². The number of benzene rings is 2. The van der Waals surface area contributed by atoms with Crippen molar-refractivity contribution in [2.24, 2.45) is 11.7 Å². The molecule has 1 aliphatic heterocycles. The summed E-state index contributed by atoms with van der Waals surface area (Å²) in [6.07, 6.45) is 4.48. The molecule has 0 radical (unpaired) electrons. The Hall–Kier alpha value is -3.72. The van der Waals surface area contributed by atoms with E-state index in [9.17, 15) is 19.2 Å². The normalized spacial score (nSPS) is 23.7. The summed E-state index contributed by atoms with van der Waals surface area (Å²) in [7, 11) is 0. The van der Waals surface area contributed by atoms with Gasteiger partial charge in [-0.05, 0) is 80.2 Å². The number of aryl methyl sites for hydroxylation is 1. The Kier molecular flexibility index (Phi) is 5.79. The van der Waals surface area contributed by atoms with Gasteiger partial charge in [-0.3, -0.25) is 19.3 Å². The molecular formula is C29H33N5O4. The molecule has 1 heterocycles. The molecule has 3 aliphatic carbocycles. The average molecular weight is 516 g/mol. The van der Waals surface area contributed by atoms with Crippen molar-refractivity contribution in [1.29, 1.82) is 0 Å². The van der Waals surface area contributed by atoms with E-state index in [2.05, 4.69) is 10.6 Å². The molecule has 2 aromatic carbocycles. The highest BCUT2D eigenvalue weighted by Gasteiger charge is 2.56. The first kappa shape index (κ1) is 24.6. The number of hydrogen-bond acceptors (Lipinski definition) is 5. The minimum atomic E-state index is -1.19. The first-order chi connectivity index (χ1) is 18.2. The number of nitrogens with zero attached hydrogens (tertiary/aromatic N) is 2. The van der Waals surface area contributed by atoms with Crippen molar-refractivity contribution in [3.8, 4) is 0 Å². The van der Waals surface area contributed by atoms with E-state index in [1.54, 1.807) is 17.0 Å². The fraction of sp³-hybridized carbons (Fsp3) is 0.448. The van der Waals surface area contributed by atoms with Crippen LogP contribution >= 0.6 is 0 Å². The second kappa shape index (κ2) is 8.94. The molecule has 1 spiro atoms. The molecule has 1 saturated heterocycles. The molecule has 4 N–H and O–H groups in total. The highest BCUT2D eigenvalue weighted by atomic mass is 16.2. The molecule has 2 aromatic rings. The zero-order valence-corrected chi connectivity index (χ0v) is 21.5. The van der Waals surface area contributed by atoms with Crippen LogP contribution in [0.15, 0.2) is 48.5 Å². The van der Waals surface area contributed by atoms with E-state index >= 15 is 0 Å². The van der Waals surface area contributed by atoms with E-state index in [4.69, 9.17) is 5.73 Å². The topological polar surface area (TPSA) is 125 Å². The zero-order chi connectivity index (χ0) is 26.7. The van der Waals surface area contributed by atoms with Crippen molar-refractivity contribution in [3.05, 3.63) is 65.2 Å². The predicted molar refractivity (Wildman–Crippen MR) is 141 cm³/mol. The number of urea groups is 1. The molecule has 5 amide bonds. The van der Waals surface area contributed by atoms with Gasteiger partial charge >= 0.3 is 6.03 Å². The fourth-order valence-electron chi connectivity index (χ4n) is 5.79. The summed E-state index contributed by atoms with van der Waals surface area (Å²) in [5.41, 5.74) is 7.26. The third-order valence-electron chi connectivity index (χ3n) is 8.61. The molecule has 0 bridgehead atoms. The Morgan fingerprint density at radius 3 is 2.55 bits per heavy atom. The first-order valence-corrected chi connectivity index (χ1v) is 13.4. The standard InChI is InChI=1S/C29H33N5O4/c1-18(20-7-8-20)33(16-19-5-3-2-4-6-19)24(35)17-34-26(37)29(32-27(34)38)12-11-21-15-22(9-10-23(21)29)31-25(36)28(30)13-14-28/h2-6,9-10,15,18,20H,7-8,11-14,16-17,30H2,1H3,(H,31,36)(H,32,38)/t18-,29-/m0/s1. The van der Waals surface area contributed by atoms with Crippen molar-refractivity contribution < 1.29 is 19.2 Å². The number of nitrogens with two attached hydrogens (primary N) is 1. The fourth-order valence-corrected chi connectivity index (χ4v) is 5.79. The van der Waals surface area contributed by atoms with E-state index in [1.165, 1.54) is 0 Å². The summed E-state index contributed by atoms with van der Waals surface area (Å²) in [5.74, 6) is -0.395. The second-order valence-electron chi connectivity index (χ2n) is 11.3. The number of hydrogen-bond donors (Lipinski definition) is 3. The van der Waals surface area contributed by atoms with Crippen LogP contribution in [0.25, 0.3) is 0 Å². The smallest absolute Gasteiger partial charge is 0.325 e. The predicted octanol–water partition coefficient (Wildman–Crippen LogP) is 2.64. The number of carbonyl (C=O) groups excluding carboxylic acids is 4. The van der Waals surface area contributed by atoms with E-state index in [1.807, 2.05) is 43.3 Å². The third kappa shape index (κ3) is 4.24. The minimum Gasteiger partial charge on any atom is -0.334 e. The Morgan fingerprint density at radius 1 is 1.13 bits per heavy atom. The third-order valence-corrected chi connectivity index (χ3v) is 8.61. The van der Waals surface area contributed by atoms with Crippen molar-refractivity contribution in [2.75, 3.05) is 11.9 Å². The van der Waals surface area contributed by atoms with Crippen molar-refractivity contribution >= 4 is 29.4 Å². The van der Waals surface area contributed by atoms with Gasteiger partial charge in [0, 0.05) is 18.3 Å². The van der Waals surface area contributed by atoms with Crippen molar-refractivity contribution in [2.45, 2.75) is 69.1 Å². The van der Waals surface area contributed by atoms with Crippen LogP contribution in [-0.2, 0) is 32.9 Å². The maximum Gasteiger partial charge on any atom is 0.325 e. The largest absolute Gasteiger partial charge is 0.334 e. The van der Waals surface area contributed by atoms with Gasteiger partial charge in [0.05, 0.1) is 5.54 Å². The minimum absolute atomic E-state index is 0.0292. The summed E-state index contributed by atoms with van der Waals surface area (Å²) >= 11 is 0. The molecule has 9 heteroatoms. The molecule has 0 aromatic heterocycles. The lowest BCUT2D eigenvalue weighted by Crippen LogP contribution is -2.47. The molecule has 6 rings (SSSR count). The van der Waals surface area contributed by atoms with Crippen LogP contribution in [0.2, 0.25) is 0 Å². The number of rotatable bonds is 8. The molecule has 198 valence electrons. The van der Waals surface area contributed by atoms with Gasteiger partial charge < -0.3 is 21.3 Å². The van der Waals surface area contributed by atoms with Gasteiger partial charge in [-0.15, -0.1) is 0 Å². The molecule has 0 unspecified atom stereocenters. The van der Waals surface area contributed by atoms with E-state index in [0.717, 1.165) is 28.9 Å². The molecule has 38 heavy (non-hydrogen) atoms. The quantitative estimate of drug-likeness (QED) is 0.466. The number of nitrogens with one attached hydrogen (secondary N) is 2. The van der Waals surface area contributed by atoms with Gasteiger partial charge in [0.2, 0.25) is 11.8 Å². The van der Waals surface area contributed by atoms with Crippen LogP contribution in [0, 0.1) is 5.92 Å². The van der Waals surface area contributed by atoms with Gasteiger partial charge in [-0.2, -0.15) is 0 Å². The zero-order valence-electron chi connectivity index (χ0n) is 21.5. The lowest BCUT2D eigenvalue weighted by molar-refractivity contribution is -0.141. The molecule has 2 atom stereocenters. The maximum atomic E-state index is 13.7. The van der Waals surface area contributed by atoms with Gasteiger partial charge in [0.25, 0.3) is 5.91 Å². The van der Waals surface area contributed by atoms with Gasteiger partial charge in [0.15, 0.2) is 0 Å². The monoisotopic (exact) mass is 515 g/mol. The van der Waals surface area contributed by atoms with Gasteiger partial charge in [-0.25, -0.2) is 4.79 Å². The molecule has 3 fully saturated rings. The Morgan fingerprint density at radius 2 is 1.87 bits per heavy atom. The second-order valence-corrected chi connectivity index (χ2v) is 11.3. The average Bonchev–Trinajstić information content (AvgIpc) is 3.84. The first-order valence-electron chi connectivity index (χ1n) is 13.4. The Bertz CT molecular complexity index is 1320. The van der Waals surface area contributed by atoms with Gasteiger partial charge in [0.1, 0.15) is 12.1 Å². The SMILES string of the molecule is C[C@@H](C1CC1)N(Cc1ccccc1)C(=O)CN1C(=O)N[C@]2(CCc3cc(NC(=O)C4(N)CC4)ccc32)C1=O. The number of fused-ring (bicyclic) bond motifs is 2. The summed E-state index contributed by atoms with van der Waals surface area (Å²) in [6, 6.07) is 14.6. The summed E-state index contributed by atoms with van der Waals surface area (Å²) in [6.45, 7) is 2.19. The van der Waals surface area contributed by atoms with Crippen LogP contribution in [0.1, 0.15) is 55.7 Å².